The van der Waals surface area contributed by atoms with Crippen molar-refractivity contribution in [3.63, 3.8) is 0 Å². The Hall–Kier alpha value is -3.61. The van der Waals surface area contributed by atoms with E-state index in [0.29, 0.717) is 5.56 Å². The molecular weight excluding hydrogens is 366 g/mol. The highest BCUT2D eigenvalue weighted by Crippen LogP contribution is 2.18. The molecule has 0 fully saturated rings. The van der Waals surface area contributed by atoms with Crippen LogP contribution in [-0.4, -0.2) is 35.7 Å². The predicted octanol–water partition coefficient (Wildman–Crippen LogP) is 2.56. The second kappa shape index (κ2) is 8.60. The van der Waals surface area contributed by atoms with Crippen LogP contribution in [0, 0.1) is 13.8 Å². The number of hydrogen-bond acceptors (Lipinski definition) is 4. The highest BCUT2D eigenvalue weighted by atomic mass is 16.2. The van der Waals surface area contributed by atoms with E-state index in [-0.39, 0.29) is 18.2 Å². The highest BCUT2D eigenvalue weighted by Gasteiger charge is 2.16. The topological polar surface area (TPSA) is 79.3 Å². The first-order chi connectivity index (χ1) is 13.9. The van der Waals surface area contributed by atoms with Gasteiger partial charge in [0.2, 0.25) is 5.91 Å². The average molecular weight is 391 g/mol. The van der Waals surface area contributed by atoms with Crippen LogP contribution in [0.4, 0.5) is 5.69 Å². The number of rotatable bonds is 5. The lowest BCUT2D eigenvalue weighted by Gasteiger charge is -2.13. The number of anilines is 1. The lowest BCUT2D eigenvalue weighted by molar-refractivity contribution is -0.121. The lowest BCUT2D eigenvalue weighted by Crippen LogP contribution is -2.42. The zero-order chi connectivity index (χ0) is 21.0. The molecular formula is C22H25N5O2. The minimum atomic E-state index is -0.365. The molecule has 0 aliphatic carbocycles. The van der Waals surface area contributed by atoms with E-state index in [2.05, 4.69) is 16.0 Å². The SMILES string of the molecule is Cc1nn(-c2ccccc2)c(C)c1CC(=O)NNC(=O)c1cccc(N(C)C)c1. The molecule has 7 nitrogen and oxygen atoms in total. The first kappa shape index (κ1) is 20.1. The van der Waals surface area contributed by atoms with Crippen LogP contribution >= 0.6 is 0 Å². The van der Waals surface area contributed by atoms with Crippen LogP contribution in [0.5, 0.6) is 0 Å². The van der Waals surface area contributed by atoms with Gasteiger partial charge in [-0.25, -0.2) is 4.68 Å². The summed E-state index contributed by atoms with van der Waals surface area (Å²) in [7, 11) is 3.80. The van der Waals surface area contributed by atoms with Crippen molar-refractivity contribution in [2.24, 2.45) is 0 Å². The summed E-state index contributed by atoms with van der Waals surface area (Å²) in [4.78, 5) is 26.6. The van der Waals surface area contributed by atoms with Gasteiger partial charge in [-0.2, -0.15) is 5.10 Å². The Morgan fingerprint density at radius 2 is 1.72 bits per heavy atom. The van der Waals surface area contributed by atoms with Gasteiger partial charge >= 0.3 is 0 Å². The van der Waals surface area contributed by atoms with Crippen LogP contribution < -0.4 is 15.8 Å². The number of nitrogens with one attached hydrogen (secondary N) is 2. The van der Waals surface area contributed by atoms with Crippen molar-refractivity contribution in [1.29, 1.82) is 0 Å². The number of nitrogens with zero attached hydrogens (tertiary/aromatic N) is 3. The summed E-state index contributed by atoms with van der Waals surface area (Å²) >= 11 is 0. The van der Waals surface area contributed by atoms with Gasteiger partial charge in [-0.15, -0.1) is 0 Å². The molecule has 150 valence electrons. The number of hydrogen-bond donors (Lipinski definition) is 2. The van der Waals surface area contributed by atoms with E-state index in [1.807, 2.05) is 73.9 Å². The number of carbonyl (C=O) groups excluding carboxylic acids is 2. The van der Waals surface area contributed by atoms with E-state index >= 15 is 0 Å². The molecule has 0 aliphatic heterocycles. The van der Waals surface area contributed by atoms with Gasteiger partial charge in [0.1, 0.15) is 0 Å². The van der Waals surface area contributed by atoms with Gasteiger partial charge in [-0.1, -0.05) is 24.3 Å². The first-order valence-corrected chi connectivity index (χ1v) is 9.34. The zero-order valence-electron chi connectivity index (χ0n) is 17.1. The maximum Gasteiger partial charge on any atom is 0.269 e. The summed E-state index contributed by atoms with van der Waals surface area (Å²) in [6.07, 6.45) is 0.127. The molecule has 2 N–H and O–H groups in total. The van der Waals surface area contributed by atoms with Crippen molar-refractivity contribution in [1.82, 2.24) is 20.6 Å². The van der Waals surface area contributed by atoms with E-state index < -0.39 is 0 Å². The Bertz CT molecular complexity index is 1020. The molecule has 0 bridgehead atoms. The molecule has 2 aromatic carbocycles. The standard InChI is InChI=1S/C22H25N5O2/c1-15-20(16(2)27(25-15)18-10-6-5-7-11-18)14-21(28)23-24-22(29)17-9-8-12-19(13-17)26(3)4/h5-13H,14H2,1-4H3,(H,23,28)(H,24,29). The molecule has 0 saturated carbocycles. The third kappa shape index (κ3) is 4.63. The van der Waals surface area contributed by atoms with Crippen LogP contribution in [0.3, 0.4) is 0 Å². The molecule has 0 unspecified atom stereocenters. The molecule has 3 rings (SSSR count). The smallest absolute Gasteiger partial charge is 0.269 e. The van der Waals surface area contributed by atoms with Crippen LogP contribution in [0.2, 0.25) is 0 Å². The van der Waals surface area contributed by atoms with E-state index in [0.717, 1.165) is 28.3 Å². The quantitative estimate of drug-likeness (QED) is 0.655. The van der Waals surface area contributed by atoms with Crippen molar-refractivity contribution >= 4 is 17.5 Å². The maximum atomic E-state index is 12.4. The molecule has 1 aromatic heterocycles. The second-order valence-corrected chi connectivity index (χ2v) is 7.02. The number of carbonyl (C=O) groups is 2. The number of para-hydroxylation sites is 1. The summed E-state index contributed by atoms with van der Waals surface area (Å²) < 4.78 is 1.82. The van der Waals surface area contributed by atoms with Gasteiger partial charge in [-0.3, -0.25) is 20.4 Å². The van der Waals surface area contributed by atoms with Gasteiger partial charge in [0.05, 0.1) is 17.8 Å². The van der Waals surface area contributed by atoms with E-state index in [9.17, 15) is 9.59 Å². The summed E-state index contributed by atoms with van der Waals surface area (Å²) in [5.41, 5.74) is 9.81. The number of aromatic nitrogens is 2. The average Bonchev–Trinajstić information content (AvgIpc) is 3.01. The van der Waals surface area contributed by atoms with Gasteiger partial charge in [0.25, 0.3) is 5.91 Å². The minimum absolute atomic E-state index is 0.127. The highest BCUT2D eigenvalue weighted by molar-refractivity contribution is 5.96. The maximum absolute atomic E-state index is 12.4. The second-order valence-electron chi connectivity index (χ2n) is 7.02. The van der Waals surface area contributed by atoms with Gasteiger partial charge < -0.3 is 4.90 Å². The van der Waals surface area contributed by atoms with Crippen molar-refractivity contribution < 1.29 is 9.59 Å². The fourth-order valence-electron chi connectivity index (χ4n) is 3.08. The molecule has 1 heterocycles. The Morgan fingerprint density at radius 3 is 2.41 bits per heavy atom. The van der Waals surface area contributed by atoms with E-state index in [1.165, 1.54) is 0 Å². The summed E-state index contributed by atoms with van der Waals surface area (Å²) in [6.45, 7) is 3.81. The van der Waals surface area contributed by atoms with E-state index in [4.69, 9.17) is 0 Å². The molecule has 29 heavy (non-hydrogen) atoms. The predicted molar refractivity (Wildman–Crippen MR) is 113 cm³/mol. The summed E-state index contributed by atoms with van der Waals surface area (Å²) in [5, 5.41) is 4.55. The lowest BCUT2D eigenvalue weighted by atomic mass is 10.1. The molecule has 3 aromatic rings. The van der Waals surface area contributed by atoms with Crippen LogP contribution in [0.25, 0.3) is 5.69 Å². The van der Waals surface area contributed by atoms with Crippen molar-refractivity contribution in [2.75, 3.05) is 19.0 Å². The molecule has 0 saturated heterocycles. The normalized spacial score (nSPS) is 10.5. The Morgan fingerprint density at radius 1 is 1.00 bits per heavy atom. The van der Waals surface area contributed by atoms with Gasteiger partial charge in [0.15, 0.2) is 0 Å². The first-order valence-electron chi connectivity index (χ1n) is 9.34. The van der Waals surface area contributed by atoms with Crippen molar-refractivity contribution in [3.8, 4) is 5.69 Å². The van der Waals surface area contributed by atoms with Gasteiger partial charge in [-0.05, 0) is 44.2 Å². The molecule has 7 heteroatoms. The molecule has 0 aliphatic rings. The third-order valence-electron chi connectivity index (χ3n) is 4.72. The molecule has 0 spiro atoms. The molecule has 0 radical (unpaired) electrons. The fraction of sp³-hybridized carbons (Fsp3) is 0.227. The summed E-state index contributed by atoms with van der Waals surface area (Å²) in [5.74, 6) is -0.670. The molecule has 0 atom stereocenters. The minimum Gasteiger partial charge on any atom is -0.378 e. The van der Waals surface area contributed by atoms with Crippen LogP contribution in [-0.2, 0) is 11.2 Å². The Kier molecular flexibility index (Phi) is 5.97. The number of amides is 2. The monoisotopic (exact) mass is 391 g/mol. The number of hydrazine groups is 1. The number of benzene rings is 2. The molecule has 2 amide bonds. The third-order valence-corrected chi connectivity index (χ3v) is 4.72. The zero-order valence-corrected chi connectivity index (χ0v) is 17.1. The van der Waals surface area contributed by atoms with Crippen molar-refractivity contribution in [3.05, 3.63) is 77.1 Å². The summed E-state index contributed by atoms with van der Waals surface area (Å²) in [6, 6.07) is 16.9. The Labute approximate surface area is 170 Å². The fourth-order valence-corrected chi connectivity index (χ4v) is 3.08. The largest absolute Gasteiger partial charge is 0.378 e. The van der Waals surface area contributed by atoms with E-state index in [1.54, 1.807) is 18.2 Å². The van der Waals surface area contributed by atoms with Crippen LogP contribution in [0.1, 0.15) is 27.3 Å². The Balaban J connectivity index is 1.65. The van der Waals surface area contributed by atoms with Crippen molar-refractivity contribution in [2.45, 2.75) is 20.3 Å². The van der Waals surface area contributed by atoms with Gasteiger partial charge in [0, 0.05) is 36.6 Å². The number of aryl methyl sites for hydroxylation is 1. The van der Waals surface area contributed by atoms with Crippen LogP contribution in [0.15, 0.2) is 54.6 Å².